The van der Waals surface area contributed by atoms with Gasteiger partial charge in [-0.25, -0.2) is 4.79 Å². The van der Waals surface area contributed by atoms with Crippen molar-refractivity contribution in [3.63, 3.8) is 0 Å². The Balaban J connectivity index is 2.86. The molecule has 0 fully saturated rings. The fourth-order valence-corrected chi connectivity index (χ4v) is 2.48. The van der Waals surface area contributed by atoms with E-state index in [-0.39, 0.29) is 5.97 Å². The fourth-order valence-electron chi connectivity index (χ4n) is 1.73. The number of ether oxygens (including phenoxy) is 1. The van der Waals surface area contributed by atoms with Gasteiger partial charge in [-0.2, -0.15) is 0 Å². The van der Waals surface area contributed by atoms with E-state index in [1.165, 1.54) is 7.11 Å². The van der Waals surface area contributed by atoms with Crippen LogP contribution < -0.4 is 0 Å². The third kappa shape index (κ3) is 1.72. The van der Waals surface area contributed by atoms with Crippen LogP contribution in [0.25, 0.3) is 10.9 Å². The first-order chi connectivity index (χ1) is 7.54. The Morgan fingerprint density at radius 1 is 1.50 bits per heavy atom. The van der Waals surface area contributed by atoms with E-state index in [0.29, 0.717) is 10.6 Å². The topological polar surface area (TPSA) is 31.2 Å². The van der Waals surface area contributed by atoms with E-state index in [2.05, 4.69) is 15.9 Å². The molecule has 2 rings (SSSR count). The van der Waals surface area contributed by atoms with E-state index in [9.17, 15) is 4.79 Å². The first-order valence-corrected chi connectivity index (χ1v) is 5.74. The first-order valence-electron chi connectivity index (χ1n) is 4.57. The number of aromatic nitrogens is 1. The number of hydrogen-bond acceptors (Lipinski definition) is 2. The lowest BCUT2D eigenvalue weighted by atomic mass is 10.1. The van der Waals surface area contributed by atoms with Gasteiger partial charge in [0.25, 0.3) is 0 Å². The van der Waals surface area contributed by atoms with Crippen molar-refractivity contribution in [2.24, 2.45) is 7.05 Å². The van der Waals surface area contributed by atoms with Crippen molar-refractivity contribution in [3.8, 4) is 0 Å². The van der Waals surface area contributed by atoms with E-state index < -0.39 is 0 Å². The van der Waals surface area contributed by atoms with Gasteiger partial charge in [0.2, 0.25) is 0 Å². The van der Waals surface area contributed by atoms with E-state index in [0.717, 1.165) is 15.4 Å². The summed E-state index contributed by atoms with van der Waals surface area (Å²) >= 11 is 9.42. The number of nitrogens with zero attached hydrogens (tertiary/aromatic N) is 1. The predicted octanol–water partition coefficient (Wildman–Crippen LogP) is 3.38. The lowest BCUT2D eigenvalue weighted by Crippen LogP contribution is -2.04. The van der Waals surface area contributed by atoms with Crippen LogP contribution >= 0.6 is 27.5 Å². The standard InChI is InChI=1S/C11H9BrClNO2/c1-14-5-9(13)7-3-6(12)4-8(10(7)14)11(15)16-2/h3-5H,1-2H3. The highest BCUT2D eigenvalue weighted by molar-refractivity contribution is 9.10. The summed E-state index contributed by atoms with van der Waals surface area (Å²) in [5, 5.41) is 1.45. The molecule has 0 saturated heterocycles. The van der Waals surface area contributed by atoms with Gasteiger partial charge in [-0.3, -0.25) is 0 Å². The van der Waals surface area contributed by atoms with Crippen molar-refractivity contribution in [3.05, 3.63) is 33.4 Å². The molecule has 0 saturated carbocycles. The van der Waals surface area contributed by atoms with Crippen molar-refractivity contribution in [1.29, 1.82) is 0 Å². The minimum atomic E-state index is -0.371. The van der Waals surface area contributed by atoms with E-state index in [1.54, 1.807) is 12.3 Å². The molecule has 0 aliphatic carbocycles. The molecule has 0 radical (unpaired) electrons. The Morgan fingerprint density at radius 2 is 2.19 bits per heavy atom. The quantitative estimate of drug-likeness (QED) is 0.756. The molecule has 0 aliphatic rings. The van der Waals surface area contributed by atoms with E-state index >= 15 is 0 Å². The summed E-state index contributed by atoms with van der Waals surface area (Å²) in [5.74, 6) is -0.371. The zero-order chi connectivity index (χ0) is 11.9. The highest BCUT2D eigenvalue weighted by Gasteiger charge is 2.16. The van der Waals surface area contributed by atoms with Gasteiger partial charge >= 0.3 is 5.97 Å². The Hall–Kier alpha value is -1.00. The molecule has 1 aromatic carbocycles. The molecular formula is C11H9BrClNO2. The highest BCUT2D eigenvalue weighted by Crippen LogP contribution is 2.31. The third-order valence-corrected chi connectivity index (χ3v) is 3.16. The molecule has 0 unspecified atom stereocenters. The molecule has 2 aromatic rings. The molecule has 84 valence electrons. The van der Waals surface area contributed by atoms with Gasteiger partial charge in [-0.15, -0.1) is 0 Å². The van der Waals surface area contributed by atoms with E-state index in [4.69, 9.17) is 16.3 Å². The molecule has 0 spiro atoms. The lowest BCUT2D eigenvalue weighted by molar-refractivity contribution is 0.0602. The minimum absolute atomic E-state index is 0.371. The average molecular weight is 303 g/mol. The molecular weight excluding hydrogens is 293 g/mol. The molecule has 1 heterocycles. The number of esters is 1. The predicted molar refractivity (Wildman–Crippen MR) is 67.0 cm³/mol. The summed E-state index contributed by atoms with van der Waals surface area (Å²) in [6.45, 7) is 0. The number of aryl methyl sites for hydroxylation is 1. The van der Waals surface area contributed by atoms with Crippen LogP contribution in [0.1, 0.15) is 10.4 Å². The van der Waals surface area contributed by atoms with Gasteiger partial charge in [0.15, 0.2) is 0 Å². The Morgan fingerprint density at radius 3 is 2.81 bits per heavy atom. The van der Waals surface area contributed by atoms with Crippen LogP contribution in [0.5, 0.6) is 0 Å². The summed E-state index contributed by atoms with van der Waals surface area (Å²) in [5.41, 5.74) is 1.28. The zero-order valence-electron chi connectivity index (χ0n) is 8.75. The second kappa shape index (κ2) is 4.11. The minimum Gasteiger partial charge on any atom is -0.465 e. The molecule has 0 amide bonds. The molecule has 0 atom stereocenters. The maximum Gasteiger partial charge on any atom is 0.340 e. The van der Waals surface area contributed by atoms with Gasteiger partial charge in [0, 0.05) is 23.1 Å². The van der Waals surface area contributed by atoms with Crippen molar-refractivity contribution >= 4 is 44.4 Å². The Kier molecular flexibility index (Phi) is 2.95. The van der Waals surface area contributed by atoms with Crippen LogP contribution in [-0.2, 0) is 11.8 Å². The first kappa shape index (κ1) is 11.5. The van der Waals surface area contributed by atoms with Crippen molar-refractivity contribution in [2.45, 2.75) is 0 Å². The van der Waals surface area contributed by atoms with Crippen molar-refractivity contribution < 1.29 is 9.53 Å². The number of carbonyl (C=O) groups is 1. The summed E-state index contributed by atoms with van der Waals surface area (Å²) < 4.78 is 7.36. The van der Waals surface area contributed by atoms with E-state index in [1.807, 2.05) is 17.7 Å². The molecule has 1 aromatic heterocycles. The van der Waals surface area contributed by atoms with Crippen LogP contribution in [0, 0.1) is 0 Å². The van der Waals surface area contributed by atoms with Crippen LogP contribution in [0.3, 0.4) is 0 Å². The Labute approximate surface area is 106 Å². The number of methoxy groups -OCH3 is 1. The summed E-state index contributed by atoms with van der Waals surface area (Å²) in [6, 6.07) is 3.61. The lowest BCUT2D eigenvalue weighted by Gasteiger charge is -2.05. The number of fused-ring (bicyclic) bond motifs is 1. The van der Waals surface area contributed by atoms with Crippen LogP contribution in [-0.4, -0.2) is 17.6 Å². The highest BCUT2D eigenvalue weighted by atomic mass is 79.9. The van der Waals surface area contributed by atoms with Gasteiger partial charge < -0.3 is 9.30 Å². The zero-order valence-corrected chi connectivity index (χ0v) is 11.1. The maximum atomic E-state index is 11.6. The second-order valence-electron chi connectivity index (χ2n) is 3.43. The van der Waals surface area contributed by atoms with Crippen molar-refractivity contribution in [1.82, 2.24) is 4.57 Å². The summed E-state index contributed by atoms with van der Waals surface area (Å²) in [7, 11) is 3.20. The number of benzene rings is 1. The fraction of sp³-hybridized carbons (Fsp3) is 0.182. The number of rotatable bonds is 1. The molecule has 0 aliphatic heterocycles. The summed E-state index contributed by atoms with van der Waals surface area (Å²) in [6.07, 6.45) is 1.77. The Bertz CT molecular complexity index is 577. The third-order valence-electron chi connectivity index (χ3n) is 2.40. The van der Waals surface area contributed by atoms with Gasteiger partial charge in [0.05, 0.1) is 23.2 Å². The van der Waals surface area contributed by atoms with Gasteiger partial charge in [-0.05, 0) is 12.1 Å². The molecule has 3 nitrogen and oxygen atoms in total. The monoisotopic (exact) mass is 301 g/mol. The molecule has 0 bridgehead atoms. The second-order valence-corrected chi connectivity index (χ2v) is 4.75. The number of carbonyl (C=O) groups excluding carboxylic acids is 1. The van der Waals surface area contributed by atoms with Gasteiger partial charge in [0.1, 0.15) is 0 Å². The largest absolute Gasteiger partial charge is 0.465 e. The average Bonchev–Trinajstić information content (AvgIpc) is 2.52. The normalized spacial score (nSPS) is 10.8. The van der Waals surface area contributed by atoms with Crippen LogP contribution in [0.15, 0.2) is 22.8 Å². The smallest absolute Gasteiger partial charge is 0.340 e. The van der Waals surface area contributed by atoms with Crippen LogP contribution in [0.2, 0.25) is 5.02 Å². The molecule has 16 heavy (non-hydrogen) atoms. The van der Waals surface area contributed by atoms with Crippen LogP contribution in [0.4, 0.5) is 0 Å². The maximum absolute atomic E-state index is 11.6. The number of hydrogen-bond donors (Lipinski definition) is 0. The molecule has 5 heteroatoms. The van der Waals surface area contributed by atoms with Gasteiger partial charge in [-0.1, -0.05) is 27.5 Å². The SMILES string of the molecule is COC(=O)c1cc(Br)cc2c(Cl)cn(C)c12. The summed E-state index contributed by atoms with van der Waals surface area (Å²) in [4.78, 5) is 11.6. The number of halogens is 2. The van der Waals surface area contributed by atoms with Crippen molar-refractivity contribution in [2.75, 3.05) is 7.11 Å². The molecule has 0 N–H and O–H groups in total.